The molecule has 2 aromatic carbocycles. The van der Waals surface area contributed by atoms with Crippen LogP contribution in [0.4, 0.5) is 18.9 Å². The molecule has 0 saturated carbocycles. The summed E-state index contributed by atoms with van der Waals surface area (Å²) in [7, 11) is 0. The predicted molar refractivity (Wildman–Crippen MR) is 92.7 cm³/mol. The highest BCUT2D eigenvalue weighted by molar-refractivity contribution is 5.86. The van der Waals surface area contributed by atoms with Crippen LogP contribution in [-0.4, -0.2) is 37.4 Å². The number of hydrogen-bond donors (Lipinski definition) is 2. The third-order valence-electron chi connectivity index (χ3n) is 4.52. The van der Waals surface area contributed by atoms with E-state index in [4.69, 9.17) is 9.94 Å². The number of benzene rings is 2. The summed E-state index contributed by atoms with van der Waals surface area (Å²) in [5.74, 6) is -1.86. The second kappa shape index (κ2) is 7.98. The van der Waals surface area contributed by atoms with Gasteiger partial charge in [0.05, 0.1) is 24.7 Å². The molecule has 3 rings (SSSR count). The zero-order valence-corrected chi connectivity index (χ0v) is 14.4. The first kappa shape index (κ1) is 19.2. The van der Waals surface area contributed by atoms with E-state index in [9.17, 15) is 18.0 Å². The summed E-state index contributed by atoms with van der Waals surface area (Å²) in [5, 5.41) is 9.07. The van der Waals surface area contributed by atoms with Gasteiger partial charge in [-0.25, -0.2) is 5.48 Å². The Morgan fingerprint density at radius 3 is 2.33 bits per heavy atom. The van der Waals surface area contributed by atoms with Crippen molar-refractivity contribution in [2.24, 2.45) is 0 Å². The lowest BCUT2D eigenvalue weighted by molar-refractivity contribution is -0.138. The number of carbonyl (C=O) groups is 1. The zero-order valence-electron chi connectivity index (χ0n) is 14.4. The van der Waals surface area contributed by atoms with Crippen molar-refractivity contribution in [1.82, 2.24) is 5.48 Å². The third-order valence-corrected chi connectivity index (χ3v) is 4.52. The van der Waals surface area contributed by atoms with Gasteiger partial charge in [0.2, 0.25) is 0 Å². The summed E-state index contributed by atoms with van der Waals surface area (Å²) >= 11 is 0. The Balaban J connectivity index is 1.92. The largest absolute Gasteiger partial charge is 0.416 e. The van der Waals surface area contributed by atoms with Crippen molar-refractivity contribution in [2.45, 2.75) is 12.1 Å². The number of amides is 1. The molecule has 0 bridgehead atoms. The monoisotopic (exact) mass is 380 g/mol. The van der Waals surface area contributed by atoms with Crippen LogP contribution < -0.4 is 10.4 Å². The minimum atomic E-state index is -4.52. The van der Waals surface area contributed by atoms with Crippen LogP contribution in [0.15, 0.2) is 48.5 Å². The maximum Gasteiger partial charge on any atom is 0.416 e. The number of hydroxylamine groups is 1. The van der Waals surface area contributed by atoms with Gasteiger partial charge in [0, 0.05) is 18.8 Å². The molecule has 1 unspecified atom stereocenters. The Hall–Kier alpha value is -2.58. The van der Waals surface area contributed by atoms with Crippen LogP contribution in [-0.2, 0) is 15.7 Å². The lowest BCUT2D eigenvalue weighted by Crippen LogP contribution is -2.36. The van der Waals surface area contributed by atoms with Crippen LogP contribution in [0.25, 0.3) is 0 Å². The number of halogens is 3. The first-order chi connectivity index (χ1) is 12.9. The Morgan fingerprint density at radius 2 is 1.74 bits per heavy atom. The fourth-order valence-corrected chi connectivity index (χ4v) is 3.15. The summed E-state index contributed by atoms with van der Waals surface area (Å²) in [5.41, 5.74) is 2.28. The highest BCUT2D eigenvalue weighted by atomic mass is 19.4. The van der Waals surface area contributed by atoms with Crippen molar-refractivity contribution < 1.29 is 27.9 Å². The summed E-state index contributed by atoms with van der Waals surface area (Å²) in [4.78, 5) is 14.3. The molecule has 1 fully saturated rings. The second-order valence-corrected chi connectivity index (χ2v) is 6.22. The van der Waals surface area contributed by atoms with Gasteiger partial charge in [0.15, 0.2) is 0 Å². The number of alkyl halides is 3. The topological polar surface area (TPSA) is 61.8 Å². The van der Waals surface area contributed by atoms with Crippen molar-refractivity contribution >= 4 is 11.6 Å². The van der Waals surface area contributed by atoms with E-state index in [1.165, 1.54) is 12.1 Å². The van der Waals surface area contributed by atoms with Crippen LogP contribution in [0.3, 0.4) is 0 Å². The Kier molecular flexibility index (Phi) is 5.67. The van der Waals surface area contributed by atoms with E-state index in [-0.39, 0.29) is 5.56 Å². The van der Waals surface area contributed by atoms with E-state index in [0.717, 1.165) is 30.9 Å². The van der Waals surface area contributed by atoms with Crippen LogP contribution in [0.2, 0.25) is 0 Å². The quantitative estimate of drug-likeness (QED) is 0.632. The normalized spacial score (nSPS) is 16.1. The van der Waals surface area contributed by atoms with Gasteiger partial charge in [-0.3, -0.25) is 10.0 Å². The Morgan fingerprint density at radius 1 is 1.07 bits per heavy atom. The van der Waals surface area contributed by atoms with Gasteiger partial charge in [-0.1, -0.05) is 30.3 Å². The van der Waals surface area contributed by atoms with Crippen molar-refractivity contribution in [1.29, 1.82) is 0 Å². The van der Waals surface area contributed by atoms with E-state index in [0.29, 0.717) is 18.8 Å². The fourth-order valence-electron chi connectivity index (χ4n) is 3.15. The molecule has 2 N–H and O–H groups in total. The molecule has 1 aliphatic heterocycles. The fraction of sp³-hybridized carbons (Fsp3) is 0.316. The average molecular weight is 380 g/mol. The molecule has 1 saturated heterocycles. The molecule has 144 valence electrons. The maximum absolute atomic E-state index is 13.0. The predicted octanol–water partition coefficient (Wildman–Crippen LogP) is 3.18. The molecule has 0 spiro atoms. The number of carbonyl (C=O) groups excluding carboxylic acids is 1. The average Bonchev–Trinajstić information content (AvgIpc) is 2.69. The van der Waals surface area contributed by atoms with Gasteiger partial charge in [-0.05, 0) is 29.3 Å². The van der Waals surface area contributed by atoms with Crippen LogP contribution >= 0.6 is 0 Å². The molecule has 2 aromatic rings. The lowest BCUT2D eigenvalue weighted by Gasteiger charge is -2.29. The van der Waals surface area contributed by atoms with Crippen molar-refractivity contribution in [3.8, 4) is 0 Å². The molecule has 1 amide bonds. The molecule has 0 radical (unpaired) electrons. The second-order valence-electron chi connectivity index (χ2n) is 6.22. The number of hydrogen-bond acceptors (Lipinski definition) is 4. The minimum Gasteiger partial charge on any atom is -0.378 e. The number of ether oxygens (including phenoxy) is 1. The minimum absolute atomic E-state index is 0.149. The molecule has 0 aliphatic carbocycles. The Bertz CT molecular complexity index is 788. The standard InChI is InChI=1S/C19H19F3N2O3/c20-19(21,22)15-3-1-2-14(12-15)17(18(25)23-26)13-4-6-16(7-5-13)24-8-10-27-11-9-24/h1-7,12,17,26H,8-11H2,(H,23,25). The molecular formula is C19H19F3N2O3. The van der Waals surface area contributed by atoms with Gasteiger partial charge in [0.25, 0.3) is 5.91 Å². The molecule has 1 heterocycles. The van der Waals surface area contributed by atoms with Crippen LogP contribution in [0.1, 0.15) is 22.6 Å². The van der Waals surface area contributed by atoms with Gasteiger partial charge >= 0.3 is 6.18 Å². The van der Waals surface area contributed by atoms with Gasteiger partial charge in [-0.2, -0.15) is 13.2 Å². The number of rotatable bonds is 4. The molecule has 0 aromatic heterocycles. The van der Waals surface area contributed by atoms with Gasteiger partial charge < -0.3 is 9.64 Å². The molecule has 1 atom stereocenters. The van der Waals surface area contributed by atoms with Gasteiger partial charge in [0.1, 0.15) is 0 Å². The molecule has 1 aliphatic rings. The molecular weight excluding hydrogens is 361 g/mol. The van der Waals surface area contributed by atoms with Crippen molar-refractivity contribution in [3.05, 3.63) is 65.2 Å². The van der Waals surface area contributed by atoms with Crippen molar-refractivity contribution in [2.75, 3.05) is 31.2 Å². The van der Waals surface area contributed by atoms with E-state index < -0.39 is 23.6 Å². The lowest BCUT2D eigenvalue weighted by atomic mass is 9.89. The highest BCUT2D eigenvalue weighted by Gasteiger charge is 2.32. The summed E-state index contributed by atoms with van der Waals surface area (Å²) in [6.45, 7) is 2.74. The number of anilines is 1. The van der Waals surface area contributed by atoms with Crippen molar-refractivity contribution in [3.63, 3.8) is 0 Å². The highest BCUT2D eigenvalue weighted by Crippen LogP contribution is 2.33. The van der Waals surface area contributed by atoms with E-state index in [1.807, 2.05) is 12.1 Å². The Labute approximate surface area is 154 Å². The van der Waals surface area contributed by atoms with Gasteiger partial charge in [-0.15, -0.1) is 0 Å². The SMILES string of the molecule is O=C(NO)C(c1ccc(N2CCOCC2)cc1)c1cccc(C(F)(F)F)c1. The number of nitrogens with one attached hydrogen (secondary N) is 1. The van der Waals surface area contributed by atoms with Crippen LogP contribution in [0.5, 0.6) is 0 Å². The first-order valence-electron chi connectivity index (χ1n) is 8.44. The summed E-state index contributed by atoms with van der Waals surface area (Å²) < 4.78 is 44.3. The molecule has 27 heavy (non-hydrogen) atoms. The maximum atomic E-state index is 13.0. The molecule has 5 nitrogen and oxygen atoms in total. The number of nitrogens with zero attached hydrogens (tertiary/aromatic N) is 1. The third kappa shape index (κ3) is 4.40. The first-order valence-corrected chi connectivity index (χ1v) is 8.44. The summed E-state index contributed by atoms with van der Waals surface area (Å²) in [6, 6.07) is 11.5. The van der Waals surface area contributed by atoms with E-state index in [2.05, 4.69) is 4.90 Å². The zero-order chi connectivity index (χ0) is 19.4. The number of morpholine rings is 1. The van der Waals surface area contributed by atoms with Crippen LogP contribution in [0, 0.1) is 0 Å². The van der Waals surface area contributed by atoms with E-state index in [1.54, 1.807) is 17.6 Å². The smallest absolute Gasteiger partial charge is 0.378 e. The van der Waals surface area contributed by atoms with E-state index >= 15 is 0 Å². The summed E-state index contributed by atoms with van der Waals surface area (Å²) in [6.07, 6.45) is -4.52. The molecule has 8 heteroatoms.